The summed E-state index contributed by atoms with van der Waals surface area (Å²) in [5.41, 5.74) is 0.304. The third kappa shape index (κ3) is 3.12. The number of hydrogen-bond acceptors (Lipinski definition) is 4. The highest BCUT2D eigenvalue weighted by Crippen LogP contribution is 2.37. The van der Waals surface area contributed by atoms with Crippen LogP contribution in [0.3, 0.4) is 0 Å². The fraction of sp³-hybridized carbons (Fsp3) is 0.190. The molecule has 6 nitrogen and oxygen atoms in total. The standard InChI is InChI=1S/C21H20N2O4S2/c1-21(2,3)23-20(24)13-19(28(23)25)17-14-22(18-12-8-7-11-16(17)18)29(26,27)15-9-5-4-6-10-15/h4-14H,1-3H3. The van der Waals surface area contributed by atoms with Crippen LogP contribution in [0.5, 0.6) is 0 Å². The number of amides is 1. The number of carbonyl (C=O) groups excluding carboxylic acids is 1. The summed E-state index contributed by atoms with van der Waals surface area (Å²) in [6.45, 7) is 5.42. The van der Waals surface area contributed by atoms with Gasteiger partial charge >= 0.3 is 0 Å². The average Bonchev–Trinajstić information content (AvgIpc) is 3.19. The molecule has 1 atom stereocenters. The minimum absolute atomic E-state index is 0.154. The van der Waals surface area contributed by atoms with E-state index < -0.39 is 26.5 Å². The third-order valence-electron chi connectivity index (χ3n) is 4.66. The zero-order valence-electron chi connectivity index (χ0n) is 16.2. The van der Waals surface area contributed by atoms with E-state index in [-0.39, 0.29) is 10.8 Å². The first-order chi connectivity index (χ1) is 13.6. The Labute approximate surface area is 172 Å². The van der Waals surface area contributed by atoms with Crippen molar-refractivity contribution < 1.29 is 17.4 Å². The van der Waals surface area contributed by atoms with Gasteiger partial charge in [-0.1, -0.05) is 36.4 Å². The normalized spacial score (nSPS) is 17.8. The number of para-hydroxylation sites is 1. The maximum Gasteiger partial charge on any atom is 0.268 e. The molecule has 0 bridgehead atoms. The SMILES string of the molecule is CC(C)(C)N1C(=O)C=C(c2cn(S(=O)(=O)c3ccccc3)c3ccccc23)S1=O. The second-order valence-corrected chi connectivity index (χ2v) is 10.9. The molecule has 3 aromatic rings. The van der Waals surface area contributed by atoms with Crippen LogP contribution < -0.4 is 0 Å². The van der Waals surface area contributed by atoms with Gasteiger partial charge in [-0.3, -0.25) is 4.79 Å². The molecule has 4 rings (SSSR count). The Bertz CT molecular complexity index is 1280. The lowest BCUT2D eigenvalue weighted by molar-refractivity contribution is -0.123. The predicted octanol–water partition coefficient (Wildman–Crippen LogP) is 3.52. The molecule has 1 aliphatic heterocycles. The van der Waals surface area contributed by atoms with Crippen LogP contribution in [-0.4, -0.2) is 32.4 Å². The lowest BCUT2D eigenvalue weighted by Gasteiger charge is -2.30. The molecule has 2 aromatic carbocycles. The molecule has 0 saturated heterocycles. The number of rotatable bonds is 3. The van der Waals surface area contributed by atoms with Gasteiger partial charge in [-0.05, 0) is 39.0 Å². The molecule has 0 radical (unpaired) electrons. The first-order valence-corrected chi connectivity index (χ1v) is 11.6. The van der Waals surface area contributed by atoms with Crippen molar-refractivity contribution in [2.24, 2.45) is 0 Å². The van der Waals surface area contributed by atoms with Crippen molar-refractivity contribution in [2.75, 3.05) is 0 Å². The van der Waals surface area contributed by atoms with E-state index in [4.69, 9.17) is 0 Å². The van der Waals surface area contributed by atoms with Crippen molar-refractivity contribution in [1.82, 2.24) is 8.28 Å². The number of benzene rings is 2. The smallest absolute Gasteiger partial charge is 0.268 e. The van der Waals surface area contributed by atoms with Gasteiger partial charge in [0.05, 0.1) is 15.3 Å². The zero-order chi connectivity index (χ0) is 21.0. The minimum Gasteiger partial charge on any atom is -0.269 e. The summed E-state index contributed by atoms with van der Waals surface area (Å²) >= 11 is 0. The van der Waals surface area contributed by atoms with E-state index in [2.05, 4.69) is 0 Å². The molecule has 1 unspecified atom stereocenters. The van der Waals surface area contributed by atoms with E-state index >= 15 is 0 Å². The second kappa shape index (κ2) is 6.67. The van der Waals surface area contributed by atoms with Gasteiger partial charge in [-0.15, -0.1) is 0 Å². The fourth-order valence-corrected chi connectivity index (χ4v) is 6.26. The summed E-state index contributed by atoms with van der Waals surface area (Å²) in [6.07, 6.45) is 2.79. The molecule has 0 aliphatic carbocycles. The summed E-state index contributed by atoms with van der Waals surface area (Å²) in [4.78, 5) is 13.0. The van der Waals surface area contributed by atoms with Crippen molar-refractivity contribution in [3.05, 3.63) is 72.4 Å². The summed E-state index contributed by atoms with van der Waals surface area (Å²) in [6, 6.07) is 15.1. The molecule has 8 heteroatoms. The molecular formula is C21H20N2O4S2. The van der Waals surface area contributed by atoms with Crippen LogP contribution in [0.2, 0.25) is 0 Å². The Hall–Kier alpha value is -2.71. The Morgan fingerprint density at radius 1 is 0.931 bits per heavy atom. The Morgan fingerprint density at radius 3 is 2.17 bits per heavy atom. The topological polar surface area (TPSA) is 76.5 Å². The number of hydrogen-bond donors (Lipinski definition) is 0. The largest absolute Gasteiger partial charge is 0.269 e. The summed E-state index contributed by atoms with van der Waals surface area (Å²) < 4.78 is 42.1. The zero-order valence-corrected chi connectivity index (χ0v) is 17.8. The second-order valence-electron chi connectivity index (χ2n) is 7.74. The van der Waals surface area contributed by atoms with Crippen molar-refractivity contribution in [1.29, 1.82) is 0 Å². The Balaban J connectivity index is 1.93. The number of carbonyl (C=O) groups is 1. The molecule has 29 heavy (non-hydrogen) atoms. The molecule has 1 aromatic heterocycles. The van der Waals surface area contributed by atoms with Crippen molar-refractivity contribution in [3.63, 3.8) is 0 Å². The van der Waals surface area contributed by atoms with Gasteiger partial charge in [0.2, 0.25) is 0 Å². The number of aromatic nitrogens is 1. The molecule has 1 amide bonds. The van der Waals surface area contributed by atoms with Crippen LogP contribution in [0, 0.1) is 0 Å². The maximum absolute atomic E-state index is 13.2. The van der Waals surface area contributed by atoms with Crippen molar-refractivity contribution in [2.45, 2.75) is 31.2 Å². The Kier molecular flexibility index (Phi) is 4.51. The molecule has 2 heterocycles. The van der Waals surface area contributed by atoms with E-state index in [1.165, 1.54) is 32.7 Å². The maximum atomic E-state index is 13.2. The highest BCUT2D eigenvalue weighted by Gasteiger charge is 2.39. The summed E-state index contributed by atoms with van der Waals surface area (Å²) in [7, 11) is -5.58. The lowest BCUT2D eigenvalue weighted by Crippen LogP contribution is -2.43. The van der Waals surface area contributed by atoms with Gasteiger partial charge in [0, 0.05) is 28.8 Å². The monoisotopic (exact) mass is 428 g/mol. The molecule has 150 valence electrons. The highest BCUT2D eigenvalue weighted by atomic mass is 32.2. The van der Waals surface area contributed by atoms with Crippen LogP contribution in [0.25, 0.3) is 15.8 Å². The fourth-order valence-electron chi connectivity index (χ4n) is 3.40. The van der Waals surface area contributed by atoms with Gasteiger partial charge in [0.25, 0.3) is 15.9 Å². The number of nitrogens with zero attached hydrogens (tertiary/aromatic N) is 2. The van der Waals surface area contributed by atoms with E-state index in [1.807, 2.05) is 20.8 Å². The van der Waals surface area contributed by atoms with Gasteiger partial charge in [-0.2, -0.15) is 0 Å². The lowest BCUT2D eigenvalue weighted by atomic mass is 10.1. The minimum atomic E-state index is -3.86. The van der Waals surface area contributed by atoms with E-state index in [0.29, 0.717) is 21.4 Å². The van der Waals surface area contributed by atoms with Gasteiger partial charge in [-0.25, -0.2) is 20.9 Å². The third-order valence-corrected chi connectivity index (χ3v) is 8.12. The van der Waals surface area contributed by atoms with E-state index in [1.54, 1.807) is 42.5 Å². The van der Waals surface area contributed by atoms with Crippen LogP contribution in [0.1, 0.15) is 26.3 Å². The van der Waals surface area contributed by atoms with Gasteiger partial charge in [0.1, 0.15) is 0 Å². The highest BCUT2D eigenvalue weighted by molar-refractivity contribution is 7.93. The quantitative estimate of drug-likeness (QED) is 0.640. The van der Waals surface area contributed by atoms with Crippen LogP contribution in [0.15, 0.2) is 71.8 Å². The molecule has 0 saturated carbocycles. The van der Waals surface area contributed by atoms with Crippen LogP contribution in [0.4, 0.5) is 0 Å². The van der Waals surface area contributed by atoms with Crippen molar-refractivity contribution >= 4 is 42.7 Å². The van der Waals surface area contributed by atoms with E-state index in [0.717, 1.165) is 0 Å². The molecule has 0 N–H and O–H groups in total. The first-order valence-electron chi connectivity index (χ1n) is 9.01. The van der Waals surface area contributed by atoms with Crippen LogP contribution >= 0.6 is 0 Å². The summed E-state index contributed by atoms with van der Waals surface area (Å²) in [5.74, 6) is -0.353. The van der Waals surface area contributed by atoms with Crippen LogP contribution in [-0.2, 0) is 25.8 Å². The van der Waals surface area contributed by atoms with Gasteiger partial charge in [0.15, 0.2) is 11.0 Å². The average molecular weight is 429 g/mol. The molecule has 0 fully saturated rings. The Morgan fingerprint density at radius 2 is 1.55 bits per heavy atom. The molecule has 0 spiro atoms. The first kappa shape index (κ1) is 19.6. The van der Waals surface area contributed by atoms with Crippen molar-refractivity contribution in [3.8, 4) is 0 Å². The molecular weight excluding hydrogens is 408 g/mol. The predicted molar refractivity (Wildman–Crippen MR) is 114 cm³/mol. The van der Waals surface area contributed by atoms with E-state index in [9.17, 15) is 17.4 Å². The van der Waals surface area contributed by atoms with Gasteiger partial charge < -0.3 is 0 Å². The number of fused-ring (bicyclic) bond motifs is 1. The molecule has 1 aliphatic rings. The summed E-state index contributed by atoms with van der Waals surface area (Å²) in [5, 5.41) is 0.621.